The summed E-state index contributed by atoms with van der Waals surface area (Å²) in [6.45, 7) is 6.26. The highest BCUT2D eigenvalue weighted by Gasteiger charge is 2.18. The van der Waals surface area contributed by atoms with Crippen LogP contribution in [0.1, 0.15) is 42.6 Å². The maximum absolute atomic E-state index is 11.9. The molecule has 0 saturated heterocycles. The normalized spacial score (nSPS) is 11.1. The summed E-state index contributed by atoms with van der Waals surface area (Å²) < 4.78 is 30.5. The second-order valence-corrected chi connectivity index (χ2v) is 9.59. The van der Waals surface area contributed by atoms with Crippen LogP contribution in [-0.4, -0.2) is 44.3 Å². The molecule has 9 heteroatoms. The number of ether oxygens (including phenoxy) is 1. The summed E-state index contributed by atoms with van der Waals surface area (Å²) in [5.74, 6) is 0.504. The molecule has 0 radical (unpaired) electrons. The van der Waals surface area contributed by atoms with Gasteiger partial charge in [0, 0.05) is 26.1 Å². The number of halogens is 2. The second-order valence-electron chi connectivity index (χ2n) is 6.63. The van der Waals surface area contributed by atoms with Gasteiger partial charge in [-0.3, -0.25) is 4.79 Å². The van der Waals surface area contributed by atoms with Gasteiger partial charge < -0.3 is 9.84 Å². The van der Waals surface area contributed by atoms with E-state index in [0.717, 1.165) is 17.7 Å². The lowest BCUT2D eigenvalue weighted by molar-refractivity contribution is 0.0988. The zero-order valence-electron chi connectivity index (χ0n) is 17.7. The molecule has 0 fully saturated rings. The molecule has 2 aromatic rings. The number of hydrogen-bond donors (Lipinski definition) is 1. The van der Waals surface area contributed by atoms with Crippen molar-refractivity contribution in [1.29, 1.82) is 0 Å². The standard InChI is InChI=1S/C12H19NO3S.C9H8Cl2O2/c1-5-8-16-12-7-6-11(9-10(12)2)17(14,15)13(3)4;1-2-8(12)5-3-6(10)9(13)7(11)4-5/h6-7,9H,5,8H2,1-4H3;3-4,13H,2H2,1H3. The summed E-state index contributed by atoms with van der Waals surface area (Å²) in [6, 6.07) is 7.75. The fourth-order valence-electron chi connectivity index (χ4n) is 2.30. The number of phenols is 1. The number of nitrogens with zero attached hydrogens (tertiary/aromatic N) is 1. The summed E-state index contributed by atoms with van der Waals surface area (Å²) in [4.78, 5) is 11.5. The van der Waals surface area contributed by atoms with E-state index in [9.17, 15) is 18.3 Å². The zero-order chi connectivity index (χ0) is 23.1. The number of hydrogen-bond acceptors (Lipinski definition) is 5. The van der Waals surface area contributed by atoms with Gasteiger partial charge in [-0.15, -0.1) is 0 Å². The van der Waals surface area contributed by atoms with Crippen LogP contribution in [0.5, 0.6) is 11.5 Å². The van der Waals surface area contributed by atoms with Crippen LogP contribution in [0.2, 0.25) is 10.0 Å². The van der Waals surface area contributed by atoms with Crippen molar-refractivity contribution in [3.05, 3.63) is 51.5 Å². The Morgan fingerprint density at radius 2 is 1.67 bits per heavy atom. The molecule has 0 saturated carbocycles. The van der Waals surface area contributed by atoms with E-state index in [0.29, 0.717) is 23.5 Å². The molecule has 0 spiro atoms. The number of carbonyl (C=O) groups excluding carboxylic acids is 1. The Bertz CT molecular complexity index is 968. The van der Waals surface area contributed by atoms with E-state index in [1.807, 2.05) is 13.8 Å². The van der Waals surface area contributed by atoms with E-state index >= 15 is 0 Å². The lowest BCUT2D eigenvalue weighted by Gasteiger charge is -2.13. The first-order chi connectivity index (χ1) is 13.9. The van der Waals surface area contributed by atoms with Crippen LogP contribution in [0.25, 0.3) is 0 Å². The van der Waals surface area contributed by atoms with Gasteiger partial charge in [0.1, 0.15) is 5.75 Å². The number of Topliss-reactive ketones (excluding diaryl/α,β-unsaturated/α-hetero) is 1. The van der Waals surface area contributed by atoms with E-state index in [1.54, 1.807) is 25.1 Å². The number of carbonyl (C=O) groups is 1. The molecule has 2 rings (SSSR count). The van der Waals surface area contributed by atoms with E-state index in [4.69, 9.17) is 27.9 Å². The topological polar surface area (TPSA) is 83.9 Å². The number of ketones is 1. The van der Waals surface area contributed by atoms with Gasteiger partial charge in [0.15, 0.2) is 11.5 Å². The predicted molar refractivity (Wildman–Crippen MR) is 121 cm³/mol. The van der Waals surface area contributed by atoms with Crippen LogP contribution in [0, 0.1) is 6.92 Å². The van der Waals surface area contributed by atoms with E-state index < -0.39 is 10.0 Å². The Morgan fingerprint density at radius 1 is 1.10 bits per heavy atom. The maximum Gasteiger partial charge on any atom is 0.242 e. The van der Waals surface area contributed by atoms with Crippen molar-refractivity contribution in [3.8, 4) is 11.5 Å². The Balaban J connectivity index is 0.000000311. The average Bonchev–Trinajstić information content (AvgIpc) is 2.70. The summed E-state index contributed by atoms with van der Waals surface area (Å²) in [5, 5.41) is 9.41. The molecule has 0 atom stereocenters. The van der Waals surface area contributed by atoms with Gasteiger partial charge in [0.2, 0.25) is 10.0 Å². The maximum atomic E-state index is 11.9. The van der Waals surface area contributed by atoms with Crippen LogP contribution in [0.15, 0.2) is 35.2 Å². The van der Waals surface area contributed by atoms with Gasteiger partial charge in [-0.2, -0.15) is 0 Å². The van der Waals surface area contributed by atoms with Crippen LogP contribution in [0.4, 0.5) is 0 Å². The first-order valence-corrected chi connectivity index (χ1v) is 11.5. The molecule has 2 aromatic carbocycles. The van der Waals surface area contributed by atoms with Gasteiger partial charge >= 0.3 is 0 Å². The van der Waals surface area contributed by atoms with Crippen LogP contribution < -0.4 is 4.74 Å². The van der Waals surface area contributed by atoms with Gasteiger partial charge in [-0.25, -0.2) is 12.7 Å². The number of aryl methyl sites for hydroxylation is 1. The number of phenolic OH excluding ortho intramolecular Hbond substituents is 1. The molecule has 0 aliphatic heterocycles. The van der Waals surface area contributed by atoms with Crippen molar-refractivity contribution < 1.29 is 23.1 Å². The fraction of sp³-hybridized carbons (Fsp3) is 0.381. The highest BCUT2D eigenvalue weighted by Crippen LogP contribution is 2.33. The van der Waals surface area contributed by atoms with Gasteiger partial charge in [-0.05, 0) is 49.2 Å². The zero-order valence-corrected chi connectivity index (χ0v) is 20.0. The monoisotopic (exact) mass is 475 g/mol. The van der Waals surface area contributed by atoms with E-state index in [2.05, 4.69) is 0 Å². The summed E-state index contributed by atoms with van der Waals surface area (Å²) in [7, 11) is -0.319. The van der Waals surface area contributed by atoms with E-state index in [1.165, 1.54) is 30.5 Å². The van der Waals surface area contributed by atoms with Gasteiger partial charge in [0.25, 0.3) is 0 Å². The smallest absolute Gasteiger partial charge is 0.242 e. The molecule has 0 amide bonds. The molecule has 0 aliphatic carbocycles. The molecular weight excluding hydrogens is 449 g/mol. The van der Waals surface area contributed by atoms with Crippen LogP contribution in [-0.2, 0) is 10.0 Å². The van der Waals surface area contributed by atoms with Crippen LogP contribution in [0.3, 0.4) is 0 Å². The minimum absolute atomic E-state index is 0.0520. The molecule has 30 heavy (non-hydrogen) atoms. The van der Waals surface area contributed by atoms with E-state index in [-0.39, 0.29) is 21.6 Å². The van der Waals surface area contributed by atoms with Crippen molar-refractivity contribution in [1.82, 2.24) is 4.31 Å². The first kappa shape index (κ1) is 26.2. The highest BCUT2D eigenvalue weighted by atomic mass is 35.5. The minimum Gasteiger partial charge on any atom is -0.505 e. The molecule has 6 nitrogen and oxygen atoms in total. The third kappa shape index (κ3) is 6.87. The SMILES string of the molecule is CCC(=O)c1cc(Cl)c(O)c(Cl)c1.CCCOc1ccc(S(=O)(=O)N(C)C)cc1C. The summed E-state index contributed by atoms with van der Waals surface area (Å²) in [6.07, 6.45) is 1.31. The number of sulfonamides is 1. The second kappa shape index (κ2) is 11.6. The minimum atomic E-state index is -3.36. The molecule has 0 aromatic heterocycles. The molecule has 0 bridgehead atoms. The average molecular weight is 476 g/mol. The summed E-state index contributed by atoms with van der Waals surface area (Å²) >= 11 is 11.3. The van der Waals surface area contributed by atoms with Crippen molar-refractivity contribution in [3.63, 3.8) is 0 Å². The molecular formula is C21H27Cl2NO5S. The Kier molecular flexibility index (Phi) is 10.1. The summed E-state index contributed by atoms with van der Waals surface area (Å²) in [5.41, 5.74) is 1.26. The fourth-order valence-corrected chi connectivity index (χ4v) is 3.77. The third-order valence-electron chi connectivity index (χ3n) is 4.05. The Labute approximate surface area is 188 Å². The number of rotatable bonds is 7. The molecule has 0 heterocycles. The van der Waals surface area contributed by atoms with Crippen molar-refractivity contribution in [2.45, 2.75) is 38.5 Å². The number of benzene rings is 2. The van der Waals surface area contributed by atoms with Gasteiger partial charge in [-0.1, -0.05) is 37.0 Å². The lowest BCUT2D eigenvalue weighted by Crippen LogP contribution is -2.22. The largest absolute Gasteiger partial charge is 0.505 e. The molecule has 166 valence electrons. The van der Waals surface area contributed by atoms with Crippen molar-refractivity contribution in [2.24, 2.45) is 0 Å². The van der Waals surface area contributed by atoms with Crippen molar-refractivity contribution >= 4 is 39.0 Å². The highest BCUT2D eigenvalue weighted by molar-refractivity contribution is 7.89. The van der Waals surface area contributed by atoms with Crippen LogP contribution >= 0.6 is 23.2 Å². The lowest BCUT2D eigenvalue weighted by atomic mass is 10.1. The molecule has 1 N–H and O–H groups in total. The molecule has 0 aliphatic rings. The predicted octanol–water partition coefficient (Wildman–Crippen LogP) is 5.33. The van der Waals surface area contributed by atoms with Crippen molar-refractivity contribution in [2.75, 3.05) is 20.7 Å². The number of aromatic hydroxyl groups is 1. The van der Waals surface area contributed by atoms with Gasteiger partial charge in [0.05, 0.1) is 21.5 Å². The molecule has 0 unspecified atom stereocenters. The Morgan fingerprint density at radius 3 is 2.10 bits per heavy atom. The third-order valence-corrected chi connectivity index (χ3v) is 6.43. The first-order valence-electron chi connectivity index (χ1n) is 9.32. The Hall–Kier alpha value is -1.80. The quantitative estimate of drug-likeness (QED) is 0.547.